The monoisotopic (exact) mass is 406 g/mol. The summed E-state index contributed by atoms with van der Waals surface area (Å²) in [6, 6.07) is 13.5. The SMILES string of the molecule is CCCCCc1ccc(C(=O)N(Cc2ccc([C@@H]3CN3)cc2)C2CCNCC2)nc1. The normalized spacial score (nSPS) is 18.9. The minimum absolute atomic E-state index is 0.0509. The zero-order chi connectivity index (χ0) is 20.8. The van der Waals surface area contributed by atoms with Crippen molar-refractivity contribution < 1.29 is 4.79 Å². The summed E-state index contributed by atoms with van der Waals surface area (Å²) in [5.74, 6) is 0.0509. The summed E-state index contributed by atoms with van der Waals surface area (Å²) in [5, 5.41) is 6.75. The average molecular weight is 407 g/mol. The van der Waals surface area contributed by atoms with Crippen LogP contribution in [-0.4, -0.2) is 41.5 Å². The molecule has 0 saturated carbocycles. The number of amides is 1. The van der Waals surface area contributed by atoms with Gasteiger partial charge in [-0.25, -0.2) is 0 Å². The number of nitrogens with zero attached hydrogens (tertiary/aromatic N) is 2. The Morgan fingerprint density at radius 3 is 2.43 bits per heavy atom. The number of unbranched alkanes of at least 4 members (excludes halogenated alkanes) is 2. The number of carbonyl (C=O) groups excluding carboxylic acids is 1. The van der Waals surface area contributed by atoms with Gasteiger partial charge in [-0.1, -0.05) is 50.1 Å². The highest BCUT2D eigenvalue weighted by Gasteiger charge is 2.27. The quantitative estimate of drug-likeness (QED) is 0.490. The second-order valence-corrected chi connectivity index (χ2v) is 8.63. The van der Waals surface area contributed by atoms with Crippen LogP contribution in [0.4, 0.5) is 0 Å². The van der Waals surface area contributed by atoms with Crippen molar-refractivity contribution in [1.82, 2.24) is 20.5 Å². The van der Waals surface area contributed by atoms with Gasteiger partial charge in [-0.05, 0) is 61.5 Å². The molecule has 0 spiro atoms. The summed E-state index contributed by atoms with van der Waals surface area (Å²) < 4.78 is 0. The zero-order valence-corrected chi connectivity index (χ0v) is 18.1. The molecule has 1 aromatic carbocycles. The predicted octanol–water partition coefficient (Wildman–Crippen LogP) is 3.85. The second kappa shape index (κ2) is 10.2. The number of piperidine rings is 1. The number of hydrogen-bond acceptors (Lipinski definition) is 4. The van der Waals surface area contributed by atoms with Crippen LogP contribution >= 0.6 is 0 Å². The molecule has 3 heterocycles. The van der Waals surface area contributed by atoms with Crippen LogP contribution in [0.5, 0.6) is 0 Å². The number of pyridine rings is 1. The Kier molecular flexibility index (Phi) is 7.13. The molecule has 0 bridgehead atoms. The van der Waals surface area contributed by atoms with Crippen LogP contribution in [0.2, 0.25) is 0 Å². The first-order valence-electron chi connectivity index (χ1n) is 11.5. The summed E-state index contributed by atoms with van der Waals surface area (Å²) in [5.41, 5.74) is 4.30. The van der Waals surface area contributed by atoms with Crippen molar-refractivity contribution in [3.05, 3.63) is 65.0 Å². The van der Waals surface area contributed by atoms with Crippen molar-refractivity contribution in [3.63, 3.8) is 0 Å². The van der Waals surface area contributed by atoms with Gasteiger partial charge >= 0.3 is 0 Å². The molecule has 2 N–H and O–H groups in total. The van der Waals surface area contributed by atoms with Gasteiger partial charge in [-0.3, -0.25) is 9.78 Å². The predicted molar refractivity (Wildman–Crippen MR) is 120 cm³/mol. The van der Waals surface area contributed by atoms with Crippen LogP contribution in [0, 0.1) is 0 Å². The minimum atomic E-state index is 0.0509. The van der Waals surface area contributed by atoms with Gasteiger partial charge in [0.2, 0.25) is 0 Å². The van der Waals surface area contributed by atoms with E-state index in [4.69, 9.17) is 0 Å². The number of hydrogen-bond donors (Lipinski definition) is 2. The smallest absolute Gasteiger partial charge is 0.272 e. The number of nitrogens with one attached hydrogen (secondary N) is 2. The van der Waals surface area contributed by atoms with Crippen LogP contribution in [-0.2, 0) is 13.0 Å². The van der Waals surface area contributed by atoms with Crippen LogP contribution in [0.25, 0.3) is 0 Å². The van der Waals surface area contributed by atoms with Crippen molar-refractivity contribution in [2.75, 3.05) is 19.6 Å². The van der Waals surface area contributed by atoms with Crippen molar-refractivity contribution >= 4 is 5.91 Å². The Labute approximate surface area is 180 Å². The van der Waals surface area contributed by atoms with Gasteiger partial charge < -0.3 is 15.5 Å². The summed E-state index contributed by atoms with van der Waals surface area (Å²) in [7, 11) is 0. The lowest BCUT2D eigenvalue weighted by Gasteiger charge is -2.34. The summed E-state index contributed by atoms with van der Waals surface area (Å²) >= 11 is 0. The molecule has 5 nitrogen and oxygen atoms in total. The van der Waals surface area contributed by atoms with E-state index in [1.807, 2.05) is 17.2 Å². The molecule has 0 radical (unpaired) electrons. The Morgan fingerprint density at radius 2 is 1.80 bits per heavy atom. The maximum atomic E-state index is 13.4. The third-order valence-corrected chi connectivity index (χ3v) is 6.27. The fraction of sp³-hybridized carbons (Fsp3) is 0.520. The molecule has 2 saturated heterocycles. The molecule has 4 rings (SSSR count). The first-order chi connectivity index (χ1) is 14.7. The second-order valence-electron chi connectivity index (χ2n) is 8.63. The number of aromatic nitrogens is 1. The van der Waals surface area contributed by atoms with Crippen molar-refractivity contribution in [2.45, 2.75) is 64.1 Å². The van der Waals surface area contributed by atoms with E-state index in [0.29, 0.717) is 18.3 Å². The highest BCUT2D eigenvalue weighted by Crippen LogP contribution is 2.23. The fourth-order valence-corrected chi connectivity index (χ4v) is 4.26. The standard InChI is InChI=1S/C25H34N4O/c1-2-3-4-5-19-8-11-23(27-16-19)25(30)29(22-12-14-26-15-13-22)18-20-6-9-21(10-7-20)24-17-28-24/h6-11,16,22,24,26,28H,2-5,12-15,17-18H2,1H3/t24-/m0/s1. The molecule has 5 heteroatoms. The Bertz CT molecular complexity index is 808. The van der Waals surface area contributed by atoms with Gasteiger partial charge in [0.25, 0.3) is 5.91 Å². The topological polar surface area (TPSA) is 67.2 Å². The molecular weight excluding hydrogens is 372 g/mol. The summed E-state index contributed by atoms with van der Waals surface area (Å²) in [4.78, 5) is 20.0. The largest absolute Gasteiger partial charge is 0.330 e. The lowest BCUT2D eigenvalue weighted by atomic mass is 10.0. The van der Waals surface area contributed by atoms with Gasteiger partial charge in [0.15, 0.2) is 0 Å². The molecule has 1 atom stereocenters. The number of aryl methyl sites for hydroxylation is 1. The van der Waals surface area contributed by atoms with Gasteiger partial charge in [-0.15, -0.1) is 0 Å². The van der Waals surface area contributed by atoms with E-state index in [1.165, 1.54) is 36.0 Å². The number of rotatable bonds is 9. The third kappa shape index (κ3) is 5.46. The lowest BCUT2D eigenvalue weighted by Crippen LogP contribution is -2.46. The van der Waals surface area contributed by atoms with E-state index >= 15 is 0 Å². The summed E-state index contributed by atoms with van der Waals surface area (Å²) in [6.07, 6.45) is 8.54. The molecule has 0 aliphatic carbocycles. The van der Waals surface area contributed by atoms with Crippen molar-refractivity contribution in [2.24, 2.45) is 0 Å². The highest BCUT2D eigenvalue weighted by atomic mass is 16.2. The van der Waals surface area contributed by atoms with Crippen LogP contribution < -0.4 is 10.6 Å². The van der Waals surface area contributed by atoms with Crippen LogP contribution in [0.3, 0.4) is 0 Å². The van der Waals surface area contributed by atoms with Crippen LogP contribution in [0.15, 0.2) is 42.6 Å². The molecule has 1 aromatic heterocycles. The Balaban J connectivity index is 1.47. The van der Waals surface area contributed by atoms with Crippen molar-refractivity contribution in [1.29, 1.82) is 0 Å². The molecule has 0 unspecified atom stereocenters. The van der Waals surface area contributed by atoms with E-state index in [0.717, 1.165) is 38.9 Å². The maximum Gasteiger partial charge on any atom is 0.272 e. The van der Waals surface area contributed by atoms with Gasteiger partial charge in [0.05, 0.1) is 0 Å². The molecule has 2 aliphatic heterocycles. The molecule has 160 valence electrons. The fourth-order valence-electron chi connectivity index (χ4n) is 4.26. The first kappa shape index (κ1) is 21.0. The van der Waals surface area contributed by atoms with E-state index in [2.05, 4.69) is 52.9 Å². The Hall–Kier alpha value is -2.24. The first-order valence-corrected chi connectivity index (χ1v) is 11.5. The van der Waals surface area contributed by atoms with E-state index in [-0.39, 0.29) is 11.9 Å². The number of benzene rings is 1. The van der Waals surface area contributed by atoms with E-state index < -0.39 is 0 Å². The zero-order valence-electron chi connectivity index (χ0n) is 18.1. The lowest BCUT2D eigenvalue weighted by molar-refractivity contribution is 0.0617. The van der Waals surface area contributed by atoms with Gasteiger partial charge in [-0.2, -0.15) is 0 Å². The van der Waals surface area contributed by atoms with Gasteiger partial charge in [0.1, 0.15) is 5.69 Å². The molecular formula is C25H34N4O. The molecule has 2 fully saturated rings. The molecule has 30 heavy (non-hydrogen) atoms. The van der Waals surface area contributed by atoms with E-state index in [9.17, 15) is 4.79 Å². The molecule has 2 aromatic rings. The maximum absolute atomic E-state index is 13.4. The Morgan fingerprint density at radius 1 is 1.07 bits per heavy atom. The summed E-state index contributed by atoms with van der Waals surface area (Å²) in [6.45, 7) is 5.85. The highest BCUT2D eigenvalue weighted by molar-refractivity contribution is 5.92. The molecule has 1 amide bonds. The van der Waals surface area contributed by atoms with E-state index in [1.54, 1.807) is 0 Å². The minimum Gasteiger partial charge on any atom is -0.330 e. The number of carbonyl (C=O) groups is 1. The van der Waals surface area contributed by atoms with Crippen molar-refractivity contribution in [3.8, 4) is 0 Å². The van der Waals surface area contributed by atoms with Gasteiger partial charge in [0, 0.05) is 31.4 Å². The molecule has 2 aliphatic rings. The average Bonchev–Trinajstić information content (AvgIpc) is 3.64. The van der Waals surface area contributed by atoms with Crippen LogP contribution in [0.1, 0.15) is 72.2 Å². The third-order valence-electron chi connectivity index (χ3n) is 6.27.